The quantitative estimate of drug-likeness (QED) is 0.586. The number of piperazine rings is 1. The van der Waals surface area contributed by atoms with Crippen molar-refractivity contribution in [1.29, 1.82) is 0 Å². The van der Waals surface area contributed by atoms with Crippen LogP contribution in [0.1, 0.15) is 5.56 Å². The highest BCUT2D eigenvalue weighted by Gasteiger charge is 2.17. The molecule has 0 radical (unpaired) electrons. The number of hydrogen-bond donors (Lipinski definition) is 1. The molecule has 6 nitrogen and oxygen atoms in total. The largest absolute Gasteiger partial charge is 0.497 e. The third-order valence-corrected chi connectivity index (χ3v) is 5.63. The van der Waals surface area contributed by atoms with Gasteiger partial charge in [-0.05, 0) is 42.0 Å². The van der Waals surface area contributed by atoms with E-state index in [1.54, 1.807) is 7.11 Å². The van der Waals surface area contributed by atoms with Gasteiger partial charge in [0.1, 0.15) is 5.75 Å². The van der Waals surface area contributed by atoms with Crippen molar-refractivity contribution in [3.8, 4) is 17.1 Å². The fourth-order valence-corrected chi connectivity index (χ4v) is 3.74. The van der Waals surface area contributed by atoms with Gasteiger partial charge in [-0.1, -0.05) is 42.5 Å². The summed E-state index contributed by atoms with van der Waals surface area (Å²) in [6.07, 6.45) is 4.44. The molecule has 1 fully saturated rings. The molecule has 1 saturated heterocycles. The van der Waals surface area contributed by atoms with Gasteiger partial charge >= 0.3 is 0 Å². The Labute approximate surface area is 182 Å². The number of nitrogens with one attached hydrogen (secondary N) is 1. The summed E-state index contributed by atoms with van der Waals surface area (Å²) in [4.78, 5) is 9.40. The molecule has 1 aliphatic heterocycles. The van der Waals surface area contributed by atoms with Gasteiger partial charge < -0.3 is 4.74 Å². The minimum absolute atomic E-state index is 0.578. The molecule has 0 aliphatic carbocycles. The minimum atomic E-state index is 0.578. The van der Waals surface area contributed by atoms with Crippen LogP contribution in [0.25, 0.3) is 17.5 Å². The summed E-state index contributed by atoms with van der Waals surface area (Å²) in [5.74, 6) is 1.61. The third kappa shape index (κ3) is 5.24. The molecule has 1 aromatic heterocycles. The smallest absolute Gasteiger partial charge is 0.217 e. The second-order valence-corrected chi connectivity index (χ2v) is 7.75. The number of aromatic amines is 1. The van der Waals surface area contributed by atoms with E-state index in [1.165, 1.54) is 5.56 Å². The number of H-pyrrole nitrogens is 1. The van der Waals surface area contributed by atoms with Gasteiger partial charge in [0.15, 0.2) is 5.82 Å². The van der Waals surface area contributed by atoms with Crippen LogP contribution in [0.15, 0.2) is 60.7 Å². The molecular formula is C23H27N5OS. The predicted octanol–water partition coefficient (Wildman–Crippen LogP) is 3.90. The van der Waals surface area contributed by atoms with E-state index in [4.69, 9.17) is 17.0 Å². The van der Waals surface area contributed by atoms with E-state index in [0.29, 0.717) is 4.77 Å². The number of hydrogen-bond acceptors (Lipinski definition) is 5. The Balaban J connectivity index is 1.29. The first-order chi connectivity index (χ1) is 14.7. The lowest BCUT2D eigenvalue weighted by atomic mass is 10.2. The molecule has 4 rings (SSSR count). The Morgan fingerprint density at radius 1 is 1.00 bits per heavy atom. The van der Waals surface area contributed by atoms with Crippen LogP contribution in [0.2, 0.25) is 0 Å². The molecule has 0 bridgehead atoms. The highest BCUT2D eigenvalue weighted by atomic mass is 32.1. The van der Waals surface area contributed by atoms with Crippen molar-refractivity contribution in [3.05, 3.63) is 71.0 Å². The number of aromatic nitrogens is 3. The predicted molar refractivity (Wildman–Crippen MR) is 123 cm³/mol. The maximum Gasteiger partial charge on any atom is 0.217 e. The van der Waals surface area contributed by atoms with Crippen molar-refractivity contribution in [1.82, 2.24) is 24.6 Å². The fraction of sp³-hybridized carbons (Fsp3) is 0.304. The van der Waals surface area contributed by atoms with Crippen LogP contribution in [-0.4, -0.2) is 64.4 Å². The zero-order valence-electron chi connectivity index (χ0n) is 17.2. The average Bonchev–Trinajstić information content (AvgIpc) is 3.16. The van der Waals surface area contributed by atoms with E-state index < -0.39 is 0 Å². The van der Waals surface area contributed by atoms with Crippen molar-refractivity contribution >= 4 is 18.3 Å². The lowest BCUT2D eigenvalue weighted by Gasteiger charge is -2.33. The number of nitrogens with zero attached hydrogens (tertiary/aromatic N) is 4. The van der Waals surface area contributed by atoms with Crippen molar-refractivity contribution in [2.45, 2.75) is 6.67 Å². The van der Waals surface area contributed by atoms with Crippen molar-refractivity contribution < 1.29 is 4.74 Å². The molecule has 1 N–H and O–H groups in total. The molecule has 2 aromatic carbocycles. The normalized spacial score (nSPS) is 15.6. The molecular weight excluding hydrogens is 394 g/mol. The molecule has 0 spiro atoms. The van der Waals surface area contributed by atoms with E-state index in [2.05, 4.69) is 56.3 Å². The van der Waals surface area contributed by atoms with Crippen molar-refractivity contribution in [2.24, 2.45) is 0 Å². The van der Waals surface area contributed by atoms with Crippen LogP contribution in [0.4, 0.5) is 0 Å². The summed E-state index contributed by atoms with van der Waals surface area (Å²) < 4.78 is 7.74. The SMILES string of the molecule is COc1ccc(-c2nc(=S)n(CN3CCN(C/C=C/c4ccccc4)CC3)[nH]2)cc1. The lowest BCUT2D eigenvalue weighted by molar-refractivity contribution is 0.110. The summed E-state index contributed by atoms with van der Waals surface area (Å²) in [5, 5.41) is 3.34. The van der Waals surface area contributed by atoms with Crippen LogP contribution in [-0.2, 0) is 6.67 Å². The van der Waals surface area contributed by atoms with E-state index in [1.807, 2.05) is 35.0 Å². The second kappa shape index (κ2) is 9.84. The van der Waals surface area contributed by atoms with E-state index in [-0.39, 0.29) is 0 Å². The summed E-state index contributed by atoms with van der Waals surface area (Å²) in [6, 6.07) is 18.3. The van der Waals surface area contributed by atoms with Crippen molar-refractivity contribution in [3.63, 3.8) is 0 Å². The van der Waals surface area contributed by atoms with Gasteiger partial charge in [-0.15, -0.1) is 0 Å². The standard InChI is InChI=1S/C23H27N5OS/c1-29-21-11-9-20(10-12-21)22-24-23(30)28(25-22)18-27-16-14-26(15-17-27)13-5-8-19-6-3-2-4-7-19/h2-12H,13-18H2,1H3,(H,24,25,30)/b8-5+. The highest BCUT2D eigenvalue weighted by molar-refractivity contribution is 7.71. The van der Waals surface area contributed by atoms with Crippen LogP contribution in [0, 0.1) is 4.77 Å². The first-order valence-electron chi connectivity index (χ1n) is 10.2. The molecule has 1 aliphatic rings. The monoisotopic (exact) mass is 421 g/mol. The number of rotatable bonds is 7. The van der Waals surface area contributed by atoms with Crippen LogP contribution >= 0.6 is 12.2 Å². The topological polar surface area (TPSA) is 49.3 Å². The van der Waals surface area contributed by atoms with E-state index in [9.17, 15) is 0 Å². The minimum Gasteiger partial charge on any atom is -0.497 e. The van der Waals surface area contributed by atoms with Crippen LogP contribution < -0.4 is 4.74 Å². The van der Waals surface area contributed by atoms with Crippen LogP contribution in [0.5, 0.6) is 5.75 Å². The lowest BCUT2D eigenvalue weighted by Crippen LogP contribution is -2.46. The molecule has 0 atom stereocenters. The van der Waals surface area contributed by atoms with E-state index >= 15 is 0 Å². The molecule has 0 amide bonds. The molecule has 30 heavy (non-hydrogen) atoms. The molecule has 0 unspecified atom stereocenters. The van der Waals surface area contributed by atoms with Crippen molar-refractivity contribution in [2.75, 3.05) is 39.8 Å². The van der Waals surface area contributed by atoms with Gasteiger partial charge in [-0.2, -0.15) is 4.98 Å². The molecule has 7 heteroatoms. The van der Waals surface area contributed by atoms with Gasteiger partial charge in [0.2, 0.25) is 4.77 Å². The molecule has 0 saturated carbocycles. The van der Waals surface area contributed by atoms with Gasteiger partial charge in [-0.25, -0.2) is 4.68 Å². The maximum atomic E-state index is 5.47. The average molecular weight is 422 g/mol. The summed E-state index contributed by atoms with van der Waals surface area (Å²) in [5.41, 5.74) is 2.24. The Kier molecular flexibility index (Phi) is 6.74. The Bertz CT molecular complexity index is 1020. The first kappa shape index (κ1) is 20.5. The number of methoxy groups -OCH3 is 1. The molecule has 2 heterocycles. The summed E-state index contributed by atoms with van der Waals surface area (Å²) >= 11 is 5.47. The summed E-state index contributed by atoms with van der Waals surface area (Å²) in [7, 11) is 1.66. The highest BCUT2D eigenvalue weighted by Crippen LogP contribution is 2.19. The fourth-order valence-electron chi connectivity index (χ4n) is 3.55. The van der Waals surface area contributed by atoms with Gasteiger partial charge in [0.05, 0.1) is 13.8 Å². The summed E-state index contributed by atoms with van der Waals surface area (Å²) in [6.45, 7) is 5.83. The van der Waals surface area contributed by atoms with Crippen LogP contribution in [0.3, 0.4) is 0 Å². The molecule has 156 valence electrons. The zero-order chi connectivity index (χ0) is 20.8. The van der Waals surface area contributed by atoms with E-state index in [0.717, 1.165) is 56.5 Å². The van der Waals surface area contributed by atoms with Gasteiger partial charge in [-0.3, -0.25) is 14.9 Å². The number of benzene rings is 2. The first-order valence-corrected chi connectivity index (χ1v) is 10.6. The molecule has 3 aromatic rings. The Morgan fingerprint density at radius 2 is 1.70 bits per heavy atom. The third-order valence-electron chi connectivity index (χ3n) is 5.32. The second-order valence-electron chi connectivity index (χ2n) is 7.38. The number of ether oxygens (including phenoxy) is 1. The Hall–Kier alpha value is -2.74. The Morgan fingerprint density at radius 3 is 2.40 bits per heavy atom. The van der Waals surface area contributed by atoms with Gasteiger partial charge in [0, 0.05) is 38.3 Å². The maximum absolute atomic E-state index is 5.47. The zero-order valence-corrected chi connectivity index (χ0v) is 18.0. The van der Waals surface area contributed by atoms with Gasteiger partial charge in [0.25, 0.3) is 0 Å².